The summed E-state index contributed by atoms with van der Waals surface area (Å²) in [6, 6.07) is 0. The summed E-state index contributed by atoms with van der Waals surface area (Å²) in [4.78, 5) is 18.8. The number of rotatable bonds is 1. The van der Waals surface area contributed by atoms with Gasteiger partial charge >= 0.3 is 5.97 Å². The molecule has 0 saturated carbocycles. The van der Waals surface area contributed by atoms with Crippen LogP contribution in [0.3, 0.4) is 0 Å². The Labute approximate surface area is 80.4 Å². The number of fused-ring (bicyclic) bond motifs is 1. The first kappa shape index (κ1) is 9.08. The first-order valence-corrected chi connectivity index (χ1v) is 4.38. The van der Waals surface area contributed by atoms with E-state index in [1.54, 1.807) is 6.92 Å². The zero-order valence-corrected chi connectivity index (χ0v) is 7.69. The molecule has 0 spiro atoms. The highest BCUT2D eigenvalue weighted by molar-refractivity contribution is 5.87. The van der Waals surface area contributed by atoms with Crippen molar-refractivity contribution in [2.75, 3.05) is 0 Å². The summed E-state index contributed by atoms with van der Waals surface area (Å²) in [5.41, 5.74) is 1.00. The molecule has 5 heteroatoms. The van der Waals surface area contributed by atoms with Gasteiger partial charge < -0.3 is 10.2 Å². The minimum atomic E-state index is -1.10. The third kappa shape index (κ3) is 1.26. The summed E-state index contributed by atoms with van der Waals surface area (Å²) in [5, 5.41) is 18.4. The van der Waals surface area contributed by atoms with Gasteiger partial charge in [-0.1, -0.05) is 0 Å². The highest BCUT2D eigenvalue weighted by Gasteiger charge is 2.29. The summed E-state index contributed by atoms with van der Waals surface area (Å²) in [6.07, 6.45) is 0.435. The number of hydrogen-bond acceptors (Lipinski definition) is 4. The second-order valence-electron chi connectivity index (χ2n) is 3.34. The van der Waals surface area contributed by atoms with Crippen molar-refractivity contribution in [3.63, 3.8) is 0 Å². The lowest BCUT2D eigenvalue weighted by atomic mass is 10.1. The molecule has 1 unspecified atom stereocenters. The zero-order valence-electron chi connectivity index (χ0n) is 7.69. The van der Waals surface area contributed by atoms with Crippen molar-refractivity contribution in [1.82, 2.24) is 9.97 Å². The number of carboxylic acid groups (broad SMARTS) is 1. The van der Waals surface area contributed by atoms with E-state index in [0.717, 1.165) is 0 Å². The molecule has 2 rings (SSSR count). The summed E-state index contributed by atoms with van der Waals surface area (Å²) in [5.74, 6) is -0.664. The van der Waals surface area contributed by atoms with E-state index in [4.69, 9.17) is 5.11 Å². The standard InChI is InChI=1S/C9H10N2O3/c1-4-10-5-2-3-6(12)7(5)8(11-4)9(13)14/h6,12H,2-3H2,1H3,(H,13,14). The first-order valence-electron chi connectivity index (χ1n) is 4.38. The second-order valence-corrected chi connectivity index (χ2v) is 3.34. The third-order valence-electron chi connectivity index (χ3n) is 2.33. The van der Waals surface area contributed by atoms with Crippen LogP contribution in [0, 0.1) is 6.92 Å². The van der Waals surface area contributed by atoms with Gasteiger partial charge in [0.2, 0.25) is 0 Å². The van der Waals surface area contributed by atoms with E-state index >= 15 is 0 Å². The number of aromatic carboxylic acids is 1. The van der Waals surface area contributed by atoms with Crippen molar-refractivity contribution in [2.45, 2.75) is 25.9 Å². The van der Waals surface area contributed by atoms with E-state index < -0.39 is 12.1 Å². The minimum absolute atomic E-state index is 0.0579. The van der Waals surface area contributed by atoms with E-state index in [1.165, 1.54) is 0 Å². The average molecular weight is 194 g/mol. The van der Waals surface area contributed by atoms with E-state index in [2.05, 4.69) is 9.97 Å². The van der Waals surface area contributed by atoms with Gasteiger partial charge in [0, 0.05) is 5.56 Å². The Bertz CT molecular complexity index is 403. The largest absolute Gasteiger partial charge is 0.476 e. The van der Waals surface area contributed by atoms with Crippen LogP contribution in [-0.2, 0) is 6.42 Å². The van der Waals surface area contributed by atoms with Gasteiger partial charge in [-0.15, -0.1) is 0 Å². The smallest absolute Gasteiger partial charge is 0.355 e. The maximum atomic E-state index is 10.9. The molecule has 0 amide bonds. The van der Waals surface area contributed by atoms with Gasteiger partial charge in [-0.2, -0.15) is 0 Å². The van der Waals surface area contributed by atoms with Crippen molar-refractivity contribution in [1.29, 1.82) is 0 Å². The maximum absolute atomic E-state index is 10.9. The molecule has 1 atom stereocenters. The Morgan fingerprint density at radius 2 is 2.21 bits per heavy atom. The van der Waals surface area contributed by atoms with Crippen LogP contribution >= 0.6 is 0 Å². The van der Waals surface area contributed by atoms with Gasteiger partial charge in [-0.05, 0) is 19.8 Å². The third-order valence-corrected chi connectivity index (χ3v) is 2.33. The number of carbonyl (C=O) groups is 1. The first-order chi connectivity index (χ1) is 6.59. The van der Waals surface area contributed by atoms with Crippen molar-refractivity contribution in [2.24, 2.45) is 0 Å². The van der Waals surface area contributed by atoms with Gasteiger partial charge in [0.25, 0.3) is 0 Å². The summed E-state index contributed by atoms with van der Waals surface area (Å²) < 4.78 is 0. The van der Waals surface area contributed by atoms with Crippen LogP contribution in [0.5, 0.6) is 0 Å². The molecule has 0 bridgehead atoms. The van der Waals surface area contributed by atoms with Crippen LogP contribution in [0.15, 0.2) is 0 Å². The van der Waals surface area contributed by atoms with Crippen LogP contribution in [0.2, 0.25) is 0 Å². The fourth-order valence-electron chi connectivity index (χ4n) is 1.76. The fourth-order valence-corrected chi connectivity index (χ4v) is 1.76. The second kappa shape index (κ2) is 3.02. The van der Waals surface area contributed by atoms with Gasteiger partial charge in [-0.25, -0.2) is 14.8 Å². The molecule has 1 aromatic rings. The van der Waals surface area contributed by atoms with Crippen molar-refractivity contribution >= 4 is 5.97 Å². The molecule has 14 heavy (non-hydrogen) atoms. The Hall–Kier alpha value is -1.49. The molecule has 1 aliphatic rings. The summed E-state index contributed by atoms with van der Waals surface area (Å²) >= 11 is 0. The molecule has 74 valence electrons. The SMILES string of the molecule is Cc1nc2c(c(C(=O)O)n1)C(O)CC2. The Balaban J connectivity index is 2.65. The topological polar surface area (TPSA) is 83.3 Å². The summed E-state index contributed by atoms with van der Waals surface area (Å²) in [7, 11) is 0. The lowest BCUT2D eigenvalue weighted by Gasteiger charge is -2.07. The highest BCUT2D eigenvalue weighted by Crippen LogP contribution is 2.31. The van der Waals surface area contributed by atoms with E-state index in [0.29, 0.717) is 29.9 Å². The molecule has 0 aromatic carbocycles. The molecule has 1 aliphatic carbocycles. The molecule has 2 N–H and O–H groups in total. The Kier molecular flexibility index (Phi) is 1.96. The molecule has 0 saturated heterocycles. The molecular weight excluding hydrogens is 184 g/mol. The van der Waals surface area contributed by atoms with Gasteiger partial charge in [0.05, 0.1) is 11.8 Å². The summed E-state index contributed by atoms with van der Waals surface area (Å²) in [6.45, 7) is 1.65. The number of aryl methyl sites for hydroxylation is 2. The highest BCUT2D eigenvalue weighted by atomic mass is 16.4. The molecule has 1 aromatic heterocycles. The molecule has 1 heterocycles. The normalized spacial score (nSPS) is 19.4. The molecular formula is C9H10N2O3. The van der Waals surface area contributed by atoms with Crippen LogP contribution < -0.4 is 0 Å². The van der Waals surface area contributed by atoms with Crippen LogP contribution in [0.1, 0.15) is 40.1 Å². The number of carboxylic acids is 1. The van der Waals surface area contributed by atoms with Gasteiger partial charge in [0.1, 0.15) is 5.82 Å². The average Bonchev–Trinajstić information content (AvgIpc) is 2.46. The van der Waals surface area contributed by atoms with Crippen molar-refractivity contribution < 1.29 is 15.0 Å². The fraction of sp³-hybridized carbons (Fsp3) is 0.444. The van der Waals surface area contributed by atoms with E-state index in [-0.39, 0.29) is 5.69 Å². The predicted molar refractivity (Wildman–Crippen MR) is 47.0 cm³/mol. The predicted octanol–water partition coefficient (Wildman–Crippen LogP) is 0.463. The van der Waals surface area contributed by atoms with E-state index in [9.17, 15) is 9.90 Å². The number of hydrogen-bond donors (Lipinski definition) is 2. The number of aliphatic hydroxyl groups is 1. The molecule has 0 radical (unpaired) electrons. The van der Waals surface area contributed by atoms with Gasteiger partial charge in [-0.3, -0.25) is 0 Å². The van der Waals surface area contributed by atoms with Crippen LogP contribution in [0.4, 0.5) is 0 Å². The molecule has 0 aliphatic heterocycles. The monoisotopic (exact) mass is 194 g/mol. The lowest BCUT2D eigenvalue weighted by Crippen LogP contribution is -2.11. The van der Waals surface area contributed by atoms with E-state index in [1.807, 2.05) is 0 Å². The minimum Gasteiger partial charge on any atom is -0.476 e. The maximum Gasteiger partial charge on any atom is 0.355 e. The van der Waals surface area contributed by atoms with Crippen LogP contribution in [0.25, 0.3) is 0 Å². The van der Waals surface area contributed by atoms with Gasteiger partial charge in [0.15, 0.2) is 5.69 Å². The quantitative estimate of drug-likeness (QED) is 0.678. The Morgan fingerprint density at radius 1 is 1.50 bits per heavy atom. The molecule has 5 nitrogen and oxygen atoms in total. The van der Waals surface area contributed by atoms with Crippen molar-refractivity contribution in [3.8, 4) is 0 Å². The number of aromatic nitrogens is 2. The molecule has 0 fully saturated rings. The Morgan fingerprint density at radius 3 is 2.86 bits per heavy atom. The number of aliphatic hydroxyl groups excluding tert-OH is 1. The van der Waals surface area contributed by atoms with Crippen molar-refractivity contribution in [3.05, 3.63) is 22.8 Å². The zero-order chi connectivity index (χ0) is 10.3. The number of nitrogens with zero attached hydrogens (tertiary/aromatic N) is 2. The van der Waals surface area contributed by atoms with Crippen LogP contribution in [-0.4, -0.2) is 26.2 Å². The lowest BCUT2D eigenvalue weighted by molar-refractivity contribution is 0.0682.